The number of nitrogens with zero attached hydrogens (tertiary/aromatic N) is 3. The van der Waals surface area contributed by atoms with Crippen LogP contribution in [0.25, 0.3) is 5.69 Å². The van der Waals surface area contributed by atoms with Crippen LogP contribution in [0.5, 0.6) is 0 Å². The third-order valence-electron chi connectivity index (χ3n) is 3.11. The van der Waals surface area contributed by atoms with Gasteiger partial charge in [-0.05, 0) is 26.0 Å². The molecule has 124 valence electrons. The number of carbonyl (C=O) groups excluding carboxylic acids is 1. The minimum Gasteiger partial charge on any atom is -0.344 e. The first-order valence-corrected chi connectivity index (χ1v) is 6.66. The molecule has 1 aromatic heterocycles. The molecule has 0 spiro atoms. The molecule has 2 rings (SSSR count). The van der Waals surface area contributed by atoms with Crippen molar-refractivity contribution in [3.8, 4) is 5.69 Å². The Morgan fingerprint density at radius 3 is 2.65 bits per heavy atom. The number of hydrogen-bond donors (Lipinski definition) is 2. The van der Waals surface area contributed by atoms with E-state index in [0.717, 1.165) is 0 Å². The molecule has 0 bridgehead atoms. The van der Waals surface area contributed by atoms with Gasteiger partial charge < -0.3 is 11.1 Å². The molecule has 0 aliphatic rings. The Labute approximate surface area is 139 Å². The van der Waals surface area contributed by atoms with E-state index in [1.165, 1.54) is 23.0 Å². The molecule has 0 aliphatic heterocycles. The lowest BCUT2D eigenvalue weighted by Crippen LogP contribution is -2.48. The molecule has 0 aliphatic carbocycles. The van der Waals surface area contributed by atoms with E-state index in [1.54, 1.807) is 32.0 Å². The first-order chi connectivity index (χ1) is 10.3. The van der Waals surface area contributed by atoms with Crippen LogP contribution in [-0.4, -0.2) is 32.7 Å². The van der Waals surface area contributed by atoms with Crippen LogP contribution in [0, 0.1) is 10.1 Å². The van der Waals surface area contributed by atoms with Crippen LogP contribution >= 0.6 is 12.4 Å². The first kappa shape index (κ1) is 18.6. The number of amides is 1. The van der Waals surface area contributed by atoms with Crippen molar-refractivity contribution in [3.05, 3.63) is 52.3 Å². The zero-order chi connectivity index (χ0) is 16.3. The van der Waals surface area contributed by atoms with Gasteiger partial charge in [-0.2, -0.15) is 5.10 Å². The maximum atomic E-state index is 12.1. The normalized spacial score (nSPS) is 10.7. The quantitative estimate of drug-likeness (QED) is 0.635. The summed E-state index contributed by atoms with van der Waals surface area (Å²) >= 11 is 0. The predicted octanol–water partition coefficient (Wildman–Crippen LogP) is 1.67. The maximum absolute atomic E-state index is 12.1. The fraction of sp³-hybridized carbons (Fsp3) is 0.286. The second kappa shape index (κ2) is 7.21. The average Bonchev–Trinajstić information content (AvgIpc) is 2.96. The molecule has 1 aromatic carbocycles. The van der Waals surface area contributed by atoms with E-state index in [2.05, 4.69) is 10.4 Å². The topological polar surface area (TPSA) is 116 Å². The molecule has 0 saturated carbocycles. The lowest BCUT2D eigenvalue weighted by Gasteiger charge is -2.23. The number of nitrogens with one attached hydrogen (secondary N) is 1. The highest BCUT2D eigenvalue weighted by Gasteiger charge is 2.22. The van der Waals surface area contributed by atoms with Crippen LogP contribution < -0.4 is 11.1 Å². The van der Waals surface area contributed by atoms with Crippen molar-refractivity contribution >= 4 is 24.0 Å². The van der Waals surface area contributed by atoms with E-state index in [1.807, 2.05) is 0 Å². The van der Waals surface area contributed by atoms with Crippen LogP contribution in [0.2, 0.25) is 0 Å². The van der Waals surface area contributed by atoms with Gasteiger partial charge in [-0.25, -0.2) is 4.68 Å². The number of benzene rings is 1. The Bertz CT molecular complexity index is 714. The number of nitro groups is 1. The lowest BCUT2D eigenvalue weighted by atomic mass is 10.1. The van der Waals surface area contributed by atoms with Gasteiger partial charge in [0, 0.05) is 24.3 Å². The van der Waals surface area contributed by atoms with Crippen LogP contribution in [-0.2, 0) is 0 Å². The van der Waals surface area contributed by atoms with E-state index in [9.17, 15) is 14.9 Å². The van der Waals surface area contributed by atoms with Crippen molar-refractivity contribution in [2.24, 2.45) is 5.73 Å². The summed E-state index contributed by atoms with van der Waals surface area (Å²) in [4.78, 5) is 22.6. The second-order valence-corrected chi connectivity index (χ2v) is 5.43. The first-order valence-electron chi connectivity index (χ1n) is 6.66. The minimum atomic E-state index is -0.556. The third-order valence-corrected chi connectivity index (χ3v) is 3.11. The molecule has 23 heavy (non-hydrogen) atoms. The maximum Gasteiger partial charge on any atom is 0.294 e. The van der Waals surface area contributed by atoms with Crippen LogP contribution in [0.1, 0.15) is 24.3 Å². The van der Waals surface area contributed by atoms with Gasteiger partial charge in [-0.15, -0.1) is 12.4 Å². The Morgan fingerprint density at radius 2 is 2.04 bits per heavy atom. The van der Waals surface area contributed by atoms with Gasteiger partial charge in [0.1, 0.15) is 5.69 Å². The molecule has 2 aromatic rings. The van der Waals surface area contributed by atoms with Gasteiger partial charge >= 0.3 is 0 Å². The number of aromatic nitrogens is 2. The van der Waals surface area contributed by atoms with E-state index in [4.69, 9.17) is 5.73 Å². The fourth-order valence-electron chi connectivity index (χ4n) is 1.81. The predicted molar refractivity (Wildman–Crippen MR) is 88.1 cm³/mol. The molecule has 0 unspecified atom stereocenters. The average molecular weight is 340 g/mol. The van der Waals surface area contributed by atoms with E-state index >= 15 is 0 Å². The second-order valence-electron chi connectivity index (χ2n) is 5.43. The number of para-hydroxylation sites is 2. The molecular formula is C14H18ClN5O3. The van der Waals surface area contributed by atoms with Crippen LogP contribution in [0.3, 0.4) is 0 Å². The van der Waals surface area contributed by atoms with Crippen LogP contribution in [0.15, 0.2) is 36.5 Å². The van der Waals surface area contributed by atoms with Crippen molar-refractivity contribution in [2.45, 2.75) is 19.4 Å². The molecule has 8 nitrogen and oxygen atoms in total. The van der Waals surface area contributed by atoms with Crippen molar-refractivity contribution in [1.29, 1.82) is 0 Å². The summed E-state index contributed by atoms with van der Waals surface area (Å²) in [6.45, 7) is 3.87. The van der Waals surface area contributed by atoms with Crippen molar-refractivity contribution in [2.75, 3.05) is 6.54 Å². The van der Waals surface area contributed by atoms with Gasteiger partial charge in [0.2, 0.25) is 0 Å². The monoisotopic (exact) mass is 339 g/mol. The molecule has 0 saturated heterocycles. The van der Waals surface area contributed by atoms with Crippen molar-refractivity contribution in [3.63, 3.8) is 0 Å². The highest BCUT2D eigenvalue weighted by molar-refractivity contribution is 5.92. The summed E-state index contributed by atoms with van der Waals surface area (Å²) < 4.78 is 1.31. The van der Waals surface area contributed by atoms with Crippen molar-refractivity contribution < 1.29 is 9.72 Å². The van der Waals surface area contributed by atoms with E-state index < -0.39 is 10.5 Å². The highest BCUT2D eigenvalue weighted by atomic mass is 35.5. The summed E-state index contributed by atoms with van der Waals surface area (Å²) in [5.41, 5.74) is 5.39. The summed E-state index contributed by atoms with van der Waals surface area (Å²) in [6.07, 6.45) is 1.51. The van der Waals surface area contributed by atoms with Gasteiger partial charge in [-0.3, -0.25) is 14.9 Å². The summed E-state index contributed by atoms with van der Waals surface area (Å²) in [7, 11) is 0. The Morgan fingerprint density at radius 1 is 1.39 bits per heavy atom. The highest BCUT2D eigenvalue weighted by Crippen LogP contribution is 2.21. The van der Waals surface area contributed by atoms with Gasteiger partial charge in [0.05, 0.1) is 4.92 Å². The Kier molecular flexibility index (Phi) is 5.83. The molecule has 9 heteroatoms. The van der Waals surface area contributed by atoms with E-state index in [-0.39, 0.29) is 36.2 Å². The number of hydrogen-bond acceptors (Lipinski definition) is 5. The Hall–Kier alpha value is -2.45. The number of nitrogens with two attached hydrogens (primary N) is 1. The zero-order valence-electron chi connectivity index (χ0n) is 12.7. The smallest absolute Gasteiger partial charge is 0.294 e. The summed E-state index contributed by atoms with van der Waals surface area (Å²) in [5.74, 6) is -0.382. The summed E-state index contributed by atoms with van der Waals surface area (Å²) in [6, 6.07) is 7.69. The van der Waals surface area contributed by atoms with Crippen LogP contribution in [0.4, 0.5) is 5.69 Å². The molecule has 0 fully saturated rings. The number of halogens is 1. The van der Waals surface area contributed by atoms with Gasteiger partial charge in [0.25, 0.3) is 11.6 Å². The molecular weight excluding hydrogens is 322 g/mol. The standard InChI is InChI=1S/C14H17N5O3.ClH/c1-14(2,9-15)16-13(20)10-7-8-18(17-10)11-5-3-4-6-12(11)19(21)22;/h3-8H,9,15H2,1-2H3,(H,16,20);1H. The van der Waals surface area contributed by atoms with E-state index in [0.29, 0.717) is 5.69 Å². The molecule has 1 heterocycles. The minimum absolute atomic E-state index is 0. The van der Waals surface area contributed by atoms with Gasteiger partial charge in [0.15, 0.2) is 5.69 Å². The molecule has 0 atom stereocenters. The lowest BCUT2D eigenvalue weighted by molar-refractivity contribution is -0.384. The molecule has 3 N–H and O–H groups in total. The van der Waals surface area contributed by atoms with Gasteiger partial charge in [-0.1, -0.05) is 12.1 Å². The number of nitro benzene ring substituents is 1. The third kappa shape index (κ3) is 4.27. The Balaban J connectivity index is 0.00000264. The fourth-order valence-corrected chi connectivity index (χ4v) is 1.81. The molecule has 0 radical (unpaired) electrons. The SMILES string of the molecule is CC(C)(CN)NC(=O)c1ccn(-c2ccccc2[N+](=O)[O-])n1.Cl. The number of rotatable bonds is 5. The summed E-state index contributed by atoms with van der Waals surface area (Å²) in [5, 5.41) is 17.9. The zero-order valence-corrected chi connectivity index (χ0v) is 13.5. The van der Waals surface area contributed by atoms with Crippen molar-refractivity contribution in [1.82, 2.24) is 15.1 Å². The molecule has 1 amide bonds. The number of carbonyl (C=O) groups is 1. The largest absolute Gasteiger partial charge is 0.344 e.